The number of carbonyl (C=O) groups excluding carboxylic acids is 3. The number of amides is 2. The Labute approximate surface area is 240 Å². The van der Waals surface area contributed by atoms with Crippen molar-refractivity contribution in [3.63, 3.8) is 0 Å². The summed E-state index contributed by atoms with van der Waals surface area (Å²) in [5, 5.41) is 2.10. The summed E-state index contributed by atoms with van der Waals surface area (Å²) in [4.78, 5) is 38.9. The molecule has 41 heavy (non-hydrogen) atoms. The summed E-state index contributed by atoms with van der Waals surface area (Å²) in [7, 11) is 0. The first-order valence-corrected chi connectivity index (χ1v) is 13.2. The third kappa shape index (κ3) is 7.38. The number of rotatable bonds is 8. The largest absolute Gasteiger partial charge is 0.457 e. The van der Waals surface area contributed by atoms with Gasteiger partial charge in [-0.15, -0.1) is 0 Å². The smallest absolute Gasteiger partial charge is 0.416 e. The van der Waals surface area contributed by atoms with E-state index in [4.69, 9.17) is 21.1 Å². The van der Waals surface area contributed by atoms with Gasteiger partial charge in [0.25, 0.3) is 5.91 Å². The summed E-state index contributed by atoms with van der Waals surface area (Å²) >= 11 is 5.88. The molecular weight excluding hydrogens is 561 g/mol. The maximum atomic E-state index is 12.9. The van der Waals surface area contributed by atoms with Crippen molar-refractivity contribution in [2.75, 3.05) is 23.4 Å². The molecule has 0 unspecified atom stereocenters. The van der Waals surface area contributed by atoms with E-state index in [0.717, 1.165) is 29.0 Å². The van der Waals surface area contributed by atoms with Gasteiger partial charge < -0.3 is 19.7 Å². The lowest BCUT2D eigenvalue weighted by molar-refractivity contribution is -0.151. The zero-order chi connectivity index (χ0) is 29.9. The minimum Gasteiger partial charge on any atom is -0.457 e. The standard InChI is InChI=1S/C30H28ClF3N2O5/c1-17(2)23-10-4-18(3)12-26(23)41-22-8-6-21(7-9-22)36-15-19(13-28(36)38)29(39)40-16-27(37)35-25-14-20(30(32,33)34)5-11-24(25)31/h4-12,14,17,19H,13,15-16H2,1-3H3,(H,35,37)/t19-/m1/s1. The van der Waals surface area contributed by atoms with Crippen LogP contribution in [0.3, 0.4) is 0 Å². The molecule has 1 fully saturated rings. The number of alkyl halides is 3. The third-order valence-electron chi connectivity index (χ3n) is 6.54. The number of carbonyl (C=O) groups is 3. The molecule has 0 aliphatic carbocycles. The Kier molecular flexibility index (Phi) is 8.92. The first-order chi connectivity index (χ1) is 19.3. The lowest BCUT2D eigenvalue weighted by Crippen LogP contribution is -2.28. The minimum atomic E-state index is -4.62. The zero-order valence-electron chi connectivity index (χ0n) is 22.5. The second kappa shape index (κ2) is 12.2. The van der Waals surface area contributed by atoms with Gasteiger partial charge in [0.05, 0.1) is 22.2 Å². The highest BCUT2D eigenvalue weighted by atomic mass is 35.5. The number of benzene rings is 3. The fraction of sp³-hybridized carbons (Fsp3) is 0.300. The molecule has 0 spiro atoms. The predicted octanol–water partition coefficient (Wildman–Crippen LogP) is 7.12. The predicted molar refractivity (Wildman–Crippen MR) is 148 cm³/mol. The number of aryl methyl sites for hydroxylation is 1. The van der Waals surface area contributed by atoms with Gasteiger partial charge in [0.2, 0.25) is 5.91 Å². The van der Waals surface area contributed by atoms with E-state index in [-0.39, 0.29) is 35.5 Å². The van der Waals surface area contributed by atoms with Gasteiger partial charge in [0, 0.05) is 18.7 Å². The second-order valence-corrected chi connectivity index (χ2v) is 10.5. The molecule has 0 bridgehead atoms. The summed E-state index contributed by atoms with van der Waals surface area (Å²) in [6.07, 6.45) is -4.73. The van der Waals surface area contributed by atoms with Crippen molar-refractivity contribution >= 4 is 40.8 Å². The van der Waals surface area contributed by atoms with Crippen LogP contribution in [0.25, 0.3) is 0 Å². The van der Waals surface area contributed by atoms with Crippen molar-refractivity contribution in [2.24, 2.45) is 5.92 Å². The topological polar surface area (TPSA) is 84.9 Å². The van der Waals surface area contributed by atoms with Crippen LogP contribution in [0.15, 0.2) is 60.7 Å². The lowest BCUT2D eigenvalue weighted by atomic mass is 10.0. The lowest BCUT2D eigenvalue weighted by Gasteiger charge is -2.18. The molecular formula is C30H28ClF3N2O5. The van der Waals surface area contributed by atoms with Gasteiger partial charge in [0.1, 0.15) is 11.5 Å². The highest BCUT2D eigenvalue weighted by Gasteiger charge is 2.36. The van der Waals surface area contributed by atoms with Crippen LogP contribution in [0.2, 0.25) is 5.02 Å². The molecule has 0 saturated carbocycles. The van der Waals surface area contributed by atoms with Crippen LogP contribution in [0.1, 0.15) is 42.9 Å². The molecule has 1 aliphatic rings. The maximum absolute atomic E-state index is 12.9. The van der Waals surface area contributed by atoms with E-state index in [1.54, 1.807) is 24.3 Å². The SMILES string of the molecule is Cc1ccc(C(C)C)c(Oc2ccc(N3C[C@H](C(=O)OCC(=O)Nc4cc(C(F)(F)F)ccc4Cl)CC3=O)cc2)c1. The van der Waals surface area contributed by atoms with Gasteiger partial charge >= 0.3 is 12.1 Å². The number of hydrogen-bond donors (Lipinski definition) is 1. The number of esters is 1. The van der Waals surface area contributed by atoms with E-state index >= 15 is 0 Å². The van der Waals surface area contributed by atoms with Crippen LogP contribution in [0.4, 0.5) is 24.5 Å². The van der Waals surface area contributed by atoms with Gasteiger partial charge in [-0.2, -0.15) is 13.2 Å². The number of anilines is 2. The van der Waals surface area contributed by atoms with Gasteiger partial charge in [-0.25, -0.2) is 0 Å². The van der Waals surface area contributed by atoms with Crippen LogP contribution in [0.5, 0.6) is 11.5 Å². The van der Waals surface area contributed by atoms with Crippen molar-refractivity contribution in [1.29, 1.82) is 0 Å². The fourth-order valence-electron chi connectivity index (χ4n) is 4.38. The van der Waals surface area contributed by atoms with Crippen molar-refractivity contribution in [2.45, 2.75) is 39.3 Å². The second-order valence-electron chi connectivity index (χ2n) is 10.0. The van der Waals surface area contributed by atoms with Crippen LogP contribution in [-0.2, 0) is 25.3 Å². The van der Waals surface area contributed by atoms with Crippen molar-refractivity contribution in [3.05, 3.63) is 82.4 Å². The van der Waals surface area contributed by atoms with E-state index in [9.17, 15) is 27.6 Å². The molecule has 7 nitrogen and oxygen atoms in total. The highest BCUT2D eigenvalue weighted by Crippen LogP contribution is 2.35. The number of ether oxygens (including phenoxy) is 2. The van der Waals surface area contributed by atoms with Crippen molar-refractivity contribution in [1.82, 2.24) is 0 Å². The molecule has 1 heterocycles. The van der Waals surface area contributed by atoms with Gasteiger partial charge in [0.15, 0.2) is 6.61 Å². The van der Waals surface area contributed by atoms with E-state index in [1.165, 1.54) is 4.90 Å². The quantitative estimate of drug-likeness (QED) is 0.283. The van der Waals surface area contributed by atoms with Gasteiger partial charge in [-0.05, 0) is 72.5 Å². The normalized spacial score (nSPS) is 15.3. The summed E-state index contributed by atoms with van der Waals surface area (Å²) in [6.45, 7) is 5.45. The molecule has 1 atom stereocenters. The Morgan fingerprint density at radius 2 is 1.78 bits per heavy atom. The maximum Gasteiger partial charge on any atom is 0.416 e. The van der Waals surface area contributed by atoms with Crippen LogP contribution >= 0.6 is 11.6 Å². The molecule has 216 valence electrons. The highest BCUT2D eigenvalue weighted by molar-refractivity contribution is 6.33. The number of hydrogen-bond acceptors (Lipinski definition) is 5. The Balaban J connectivity index is 1.33. The van der Waals surface area contributed by atoms with Crippen LogP contribution in [-0.4, -0.2) is 30.9 Å². The number of nitrogens with zero attached hydrogens (tertiary/aromatic N) is 1. The molecule has 0 aromatic heterocycles. The molecule has 1 saturated heterocycles. The molecule has 2 amide bonds. The molecule has 3 aromatic carbocycles. The average molecular weight is 589 g/mol. The first-order valence-electron chi connectivity index (χ1n) is 12.8. The Bertz CT molecular complexity index is 1460. The Hall–Kier alpha value is -4.05. The molecule has 3 aromatic rings. The number of nitrogens with one attached hydrogen (secondary N) is 1. The van der Waals surface area contributed by atoms with Crippen LogP contribution in [0, 0.1) is 12.8 Å². The van der Waals surface area contributed by atoms with Gasteiger partial charge in [-0.1, -0.05) is 37.6 Å². The third-order valence-corrected chi connectivity index (χ3v) is 6.87. The fourth-order valence-corrected chi connectivity index (χ4v) is 4.55. The van der Waals surface area contributed by atoms with Crippen molar-refractivity contribution in [3.8, 4) is 11.5 Å². The summed E-state index contributed by atoms with van der Waals surface area (Å²) in [5.74, 6) is -1.13. The minimum absolute atomic E-state index is 0.0499. The van der Waals surface area contributed by atoms with E-state index in [1.807, 2.05) is 25.1 Å². The van der Waals surface area contributed by atoms with E-state index in [2.05, 4.69) is 19.2 Å². The molecule has 1 N–H and O–H groups in total. The summed E-state index contributed by atoms with van der Waals surface area (Å²) < 4.78 is 50.0. The average Bonchev–Trinajstić information content (AvgIpc) is 3.30. The summed E-state index contributed by atoms with van der Waals surface area (Å²) in [5.41, 5.74) is 1.46. The Morgan fingerprint density at radius 3 is 2.44 bits per heavy atom. The van der Waals surface area contributed by atoms with Crippen LogP contribution < -0.4 is 15.0 Å². The Morgan fingerprint density at radius 1 is 1.07 bits per heavy atom. The zero-order valence-corrected chi connectivity index (χ0v) is 23.3. The first kappa shape index (κ1) is 29.9. The molecule has 1 aliphatic heterocycles. The van der Waals surface area contributed by atoms with Gasteiger partial charge in [-0.3, -0.25) is 14.4 Å². The van der Waals surface area contributed by atoms with Crippen molar-refractivity contribution < 1.29 is 37.0 Å². The van der Waals surface area contributed by atoms with E-state index < -0.39 is 36.1 Å². The monoisotopic (exact) mass is 588 g/mol. The van der Waals surface area contributed by atoms with E-state index in [0.29, 0.717) is 17.5 Å². The number of halogens is 4. The molecule has 11 heteroatoms. The molecule has 4 rings (SSSR count). The summed E-state index contributed by atoms with van der Waals surface area (Å²) in [6, 6.07) is 15.4. The molecule has 0 radical (unpaired) electrons.